The van der Waals surface area contributed by atoms with Crippen LogP contribution >= 0.6 is 0 Å². The number of halogens is 5. The van der Waals surface area contributed by atoms with Crippen molar-refractivity contribution in [3.05, 3.63) is 71.1 Å². The summed E-state index contributed by atoms with van der Waals surface area (Å²) in [6.45, 7) is 1.31. The molecular weight excluding hydrogens is 391 g/mol. The van der Waals surface area contributed by atoms with Crippen LogP contribution in [0.4, 0.5) is 22.0 Å². The molecule has 0 spiro atoms. The second-order valence-electron chi connectivity index (χ2n) is 7.30. The highest BCUT2D eigenvalue weighted by Crippen LogP contribution is 2.31. The Labute approximate surface area is 164 Å². The zero-order chi connectivity index (χ0) is 21.2. The number of aromatic nitrogens is 1. The van der Waals surface area contributed by atoms with Crippen LogP contribution < -0.4 is 10.3 Å². The molecule has 3 rings (SSSR count). The summed E-state index contributed by atoms with van der Waals surface area (Å²) in [5, 5.41) is 2.42. The van der Waals surface area contributed by atoms with Gasteiger partial charge in [-0.3, -0.25) is 4.79 Å². The predicted octanol–water partition coefficient (Wildman–Crippen LogP) is 4.15. The van der Waals surface area contributed by atoms with Gasteiger partial charge in [0.05, 0.1) is 17.5 Å². The zero-order valence-corrected chi connectivity index (χ0v) is 15.4. The van der Waals surface area contributed by atoms with Gasteiger partial charge in [0, 0.05) is 0 Å². The molecule has 1 heterocycles. The van der Waals surface area contributed by atoms with Gasteiger partial charge in [-0.25, -0.2) is 8.78 Å². The summed E-state index contributed by atoms with van der Waals surface area (Å²) in [5.41, 5.74) is -1.15. The lowest BCUT2D eigenvalue weighted by atomic mass is 9.88. The molecule has 0 fully saturated rings. The fourth-order valence-corrected chi connectivity index (χ4v) is 3.34. The minimum Gasteiger partial charge on any atom is -0.345 e. The quantitative estimate of drug-likeness (QED) is 0.755. The Kier molecular flexibility index (Phi) is 5.60. The van der Waals surface area contributed by atoms with Crippen LogP contribution in [0.3, 0.4) is 0 Å². The summed E-state index contributed by atoms with van der Waals surface area (Å²) < 4.78 is 66.7. The summed E-state index contributed by atoms with van der Waals surface area (Å²) >= 11 is 0. The normalized spacial score (nSPS) is 20.3. The lowest BCUT2D eigenvalue weighted by Gasteiger charge is -2.31. The smallest absolute Gasteiger partial charge is 0.345 e. The maximum absolute atomic E-state index is 13.9. The van der Waals surface area contributed by atoms with E-state index in [-0.39, 0.29) is 23.2 Å². The Balaban J connectivity index is 1.84. The fraction of sp³-hybridized carbons (Fsp3) is 0.333. The van der Waals surface area contributed by atoms with Crippen molar-refractivity contribution in [2.75, 3.05) is 0 Å². The summed E-state index contributed by atoms with van der Waals surface area (Å²) in [6.07, 6.45) is -5.02. The number of alkyl halides is 5. The molecule has 1 aromatic carbocycles. The van der Waals surface area contributed by atoms with Gasteiger partial charge in [-0.15, -0.1) is 0 Å². The molecule has 0 radical (unpaired) electrons. The topological polar surface area (TPSA) is 43.2 Å². The predicted molar refractivity (Wildman–Crippen MR) is 95.3 cm³/mol. The average molecular weight is 409 g/mol. The van der Waals surface area contributed by atoms with E-state index in [1.165, 1.54) is 19.1 Å². The molecule has 1 N–H and O–H groups in total. The molecule has 0 aliphatic heterocycles. The van der Waals surface area contributed by atoms with Crippen molar-refractivity contribution in [2.24, 2.45) is 0 Å². The number of rotatable bonds is 5. The van der Waals surface area contributed by atoms with Gasteiger partial charge in [-0.1, -0.05) is 30.3 Å². The molecule has 1 aliphatic carbocycles. The second kappa shape index (κ2) is 7.82. The van der Waals surface area contributed by atoms with Crippen molar-refractivity contribution < 1.29 is 31.7 Å². The minimum absolute atomic E-state index is 0.0482. The highest BCUT2D eigenvalue weighted by Gasteiger charge is 2.41. The number of amides is 1. The molecule has 0 bridgehead atoms. The summed E-state index contributed by atoms with van der Waals surface area (Å²) in [6, 6.07) is 9.72. The van der Waals surface area contributed by atoms with Crippen molar-refractivity contribution in [1.82, 2.24) is 5.32 Å². The number of fused-ring (bicyclic) bond motifs is 1. The lowest BCUT2D eigenvalue weighted by molar-refractivity contribution is -0.319. The first-order chi connectivity index (χ1) is 13.6. The van der Waals surface area contributed by atoms with Crippen LogP contribution in [-0.2, 0) is 6.42 Å². The van der Waals surface area contributed by atoms with Crippen molar-refractivity contribution >= 4 is 12.0 Å². The van der Waals surface area contributed by atoms with E-state index in [4.69, 9.17) is 0 Å². The highest BCUT2D eigenvalue weighted by atomic mass is 19.4. The van der Waals surface area contributed by atoms with E-state index in [1.807, 2.05) is 0 Å². The Morgan fingerprint density at radius 2 is 1.90 bits per heavy atom. The third kappa shape index (κ3) is 5.11. The van der Waals surface area contributed by atoms with Crippen LogP contribution in [0.1, 0.15) is 46.7 Å². The van der Waals surface area contributed by atoms with E-state index >= 15 is 0 Å². The molecule has 1 amide bonds. The third-order valence-electron chi connectivity index (χ3n) is 4.58. The molecule has 8 heteroatoms. The van der Waals surface area contributed by atoms with Gasteiger partial charge in [0.15, 0.2) is 11.7 Å². The molecule has 152 valence electrons. The summed E-state index contributed by atoms with van der Waals surface area (Å²) in [5.74, 6) is -0.825. The number of benzene rings is 1. The number of carbonyl (C=O) groups is 1. The average Bonchev–Trinajstić information content (AvgIpc) is 2.63. The van der Waals surface area contributed by atoms with Gasteiger partial charge >= 0.3 is 18.1 Å². The molecular formula is C21H18F5N2O+. The summed E-state index contributed by atoms with van der Waals surface area (Å²) in [4.78, 5) is 16.3. The van der Waals surface area contributed by atoms with Gasteiger partial charge < -0.3 is 5.32 Å². The first kappa shape index (κ1) is 20.8. The fourth-order valence-electron chi connectivity index (χ4n) is 3.34. The Morgan fingerprint density at radius 1 is 1.21 bits per heavy atom. The molecule has 0 saturated heterocycles. The first-order valence-corrected chi connectivity index (χ1v) is 8.88. The zero-order valence-electron chi connectivity index (χ0n) is 15.4. The number of allylic oxidation sites excluding steroid dienone is 1. The highest BCUT2D eigenvalue weighted by molar-refractivity contribution is 5.94. The van der Waals surface area contributed by atoms with Crippen LogP contribution in [0.2, 0.25) is 0 Å². The largest absolute Gasteiger partial charge is 0.391 e. The monoisotopic (exact) mass is 409 g/mol. The molecule has 3 atom stereocenters. The SMILES string of the molecule is CC(Cc1ccccc1)(CC(F)(F)F)NC(=O)c1c#[n+]c2c(c1)C=CC(F)C2F. The van der Waals surface area contributed by atoms with Crippen LogP contribution in [0.5, 0.6) is 0 Å². The maximum Gasteiger partial charge on any atom is 0.391 e. The van der Waals surface area contributed by atoms with Gasteiger partial charge in [0.25, 0.3) is 5.91 Å². The van der Waals surface area contributed by atoms with E-state index in [0.29, 0.717) is 5.56 Å². The molecule has 0 saturated carbocycles. The molecule has 1 aromatic heterocycles. The van der Waals surface area contributed by atoms with E-state index in [9.17, 15) is 26.7 Å². The molecule has 3 unspecified atom stereocenters. The molecule has 3 nitrogen and oxygen atoms in total. The van der Waals surface area contributed by atoms with Crippen LogP contribution in [-0.4, -0.2) is 23.8 Å². The van der Waals surface area contributed by atoms with Crippen LogP contribution in [0.15, 0.2) is 42.5 Å². The number of carbonyl (C=O) groups excluding carboxylic acids is 1. The van der Waals surface area contributed by atoms with Crippen LogP contribution in [0, 0.1) is 6.20 Å². The Bertz CT molecular complexity index is 913. The van der Waals surface area contributed by atoms with E-state index in [1.54, 1.807) is 30.3 Å². The van der Waals surface area contributed by atoms with Gasteiger partial charge in [0.1, 0.15) is 0 Å². The van der Waals surface area contributed by atoms with Crippen LogP contribution in [0.25, 0.3) is 6.08 Å². The number of nitrogens with zero attached hydrogens (tertiary/aromatic N) is 1. The second-order valence-corrected chi connectivity index (χ2v) is 7.30. The lowest BCUT2D eigenvalue weighted by Crippen LogP contribution is -2.50. The molecule has 1 aliphatic rings. The Morgan fingerprint density at radius 3 is 2.55 bits per heavy atom. The summed E-state index contributed by atoms with van der Waals surface area (Å²) in [7, 11) is 0. The third-order valence-corrected chi connectivity index (χ3v) is 4.58. The van der Waals surface area contributed by atoms with Crippen molar-refractivity contribution in [2.45, 2.75) is 43.8 Å². The number of hydrogen-bond donors (Lipinski definition) is 1. The standard InChI is InChI=1S/C21H17F5N2O/c1-20(12-21(24,25)26,10-13-5-3-2-4-6-13)28-19(29)15-9-14-7-8-16(22)17(23)18(14)27-11-15/h2-9,16-17H,10,12H2,1H3/p+1. The number of nitrogens with one attached hydrogen (secondary N) is 1. The van der Waals surface area contributed by atoms with Gasteiger partial charge in [0.2, 0.25) is 6.17 Å². The minimum atomic E-state index is -4.51. The van der Waals surface area contributed by atoms with Crippen molar-refractivity contribution in [3.8, 4) is 0 Å². The van der Waals surface area contributed by atoms with Gasteiger partial charge in [-0.05, 0) is 42.1 Å². The first-order valence-electron chi connectivity index (χ1n) is 8.88. The van der Waals surface area contributed by atoms with E-state index in [2.05, 4.69) is 16.5 Å². The van der Waals surface area contributed by atoms with Crippen molar-refractivity contribution in [1.29, 1.82) is 0 Å². The molecule has 29 heavy (non-hydrogen) atoms. The van der Waals surface area contributed by atoms with E-state index < -0.39 is 36.4 Å². The Hall–Kier alpha value is -2.95. The maximum atomic E-state index is 13.9. The molecule has 2 aromatic rings. The van der Waals surface area contributed by atoms with Gasteiger partial charge in [-0.2, -0.15) is 13.2 Å². The van der Waals surface area contributed by atoms with Crippen molar-refractivity contribution in [3.63, 3.8) is 0 Å². The van der Waals surface area contributed by atoms with E-state index in [0.717, 1.165) is 6.08 Å². The number of hydrogen-bond acceptors (Lipinski definition) is 1.